The molecule has 1 heterocycles. The Hall–Kier alpha value is 0.130. The maximum absolute atomic E-state index is 4.18. The maximum Gasteiger partial charge on any atom is 0.109 e. The van der Waals surface area contributed by atoms with E-state index in [9.17, 15) is 0 Å². The molecule has 0 fully saturated rings. The standard InChI is InChI=1S/C8H5Br3N2/c1-3-4(9)2-5(10)7-6(3)8(11)13-12-7/h2H,1H3,(H,12,13). The molecule has 0 saturated carbocycles. The van der Waals surface area contributed by atoms with E-state index >= 15 is 0 Å². The number of halogens is 3. The Bertz CT molecular complexity index is 476. The monoisotopic (exact) mass is 366 g/mol. The van der Waals surface area contributed by atoms with Crippen molar-refractivity contribution in [2.45, 2.75) is 6.92 Å². The van der Waals surface area contributed by atoms with E-state index in [4.69, 9.17) is 0 Å². The second-order valence-electron chi connectivity index (χ2n) is 2.73. The molecule has 1 N–H and O–H groups in total. The fourth-order valence-corrected chi connectivity index (χ4v) is 3.07. The third kappa shape index (κ3) is 1.47. The van der Waals surface area contributed by atoms with Gasteiger partial charge in [-0.15, -0.1) is 0 Å². The molecule has 1 aromatic carbocycles. The minimum Gasteiger partial charge on any atom is -0.270 e. The predicted molar refractivity (Wildman–Crippen MR) is 63.9 cm³/mol. The lowest BCUT2D eigenvalue weighted by molar-refractivity contribution is 1.09. The molecule has 0 saturated heterocycles. The van der Waals surface area contributed by atoms with Crippen LogP contribution in [0.2, 0.25) is 0 Å². The van der Waals surface area contributed by atoms with Crippen LogP contribution in [0, 0.1) is 6.92 Å². The van der Waals surface area contributed by atoms with Crippen molar-refractivity contribution in [1.82, 2.24) is 10.2 Å². The molecule has 0 amide bonds. The summed E-state index contributed by atoms with van der Waals surface area (Å²) in [5.74, 6) is 0. The predicted octanol–water partition coefficient (Wildman–Crippen LogP) is 4.16. The van der Waals surface area contributed by atoms with Gasteiger partial charge in [0.25, 0.3) is 0 Å². The van der Waals surface area contributed by atoms with Crippen LogP contribution in [0.4, 0.5) is 0 Å². The summed E-state index contributed by atoms with van der Waals surface area (Å²) in [4.78, 5) is 0. The molecule has 2 nitrogen and oxygen atoms in total. The fraction of sp³-hybridized carbons (Fsp3) is 0.125. The third-order valence-corrected chi connectivity index (χ3v) is 3.94. The van der Waals surface area contributed by atoms with Crippen molar-refractivity contribution < 1.29 is 0 Å². The van der Waals surface area contributed by atoms with Gasteiger partial charge in [0.15, 0.2) is 0 Å². The highest BCUT2D eigenvalue weighted by molar-refractivity contribution is 9.11. The number of rotatable bonds is 0. The zero-order valence-corrected chi connectivity index (χ0v) is 11.4. The van der Waals surface area contributed by atoms with Crippen molar-refractivity contribution in [1.29, 1.82) is 0 Å². The molecule has 68 valence electrons. The summed E-state index contributed by atoms with van der Waals surface area (Å²) in [7, 11) is 0. The number of hydrogen-bond donors (Lipinski definition) is 1. The lowest BCUT2D eigenvalue weighted by atomic mass is 10.1. The average Bonchev–Trinajstić information content (AvgIpc) is 2.44. The number of aromatic amines is 1. The normalized spacial score (nSPS) is 11.1. The van der Waals surface area contributed by atoms with Gasteiger partial charge in [0.1, 0.15) is 10.1 Å². The van der Waals surface area contributed by atoms with Crippen molar-refractivity contribution in [3.63, 3.8) is 0 Å². The van der Waals surface area contributed by atoms with Crippen molar-refractivity contribution in [2.75, 3.05) is 0 Å². The first-order chi connectivity index (χ1) is 6.11. The molecular weight excluding hydrogens is 364 g/mol. The summed E-state index contributed by atoms with van der Waals surface area (Å²) in [6.45, 7) is 2.05. The number of fused-ring (bicyclic) bond motifs is 1. The fourth-order valence-electron chi connectivity index (χ4n) is 1.24. The highest BCUT2D eigenvalue weighted by Gasteiger charge is 2.11. The minimum atomic E-state index is 0.919. The SMILES string of the molecule is Cc1c(Br)cc(Br)c2n[nH]c(Br)c12. The van der Waals surface area contributed by atoms with Gasteiger partial charge in [0.05, 0.1) is 0 Å². The van der Waals surface area contributed by atoms with Crippen molar-refractivity contribution in [3.8, 4) is 0 Å². The van der Waals surface area contributed by atoms with Gasteiger partial charge in [-0.2, -0.15) is 5.10 Å². The van der Waals surface area contributed by atoms with Crippen molar-refractivity contribution in [3.05, 3.63) is 25.2 Å². The molecule has 2 aromatic rings. The second-order valence-corrected chi connectivity index (χ2v) is 5.23. The van der Waals surface area contributed by atoms with E-state index in [2.05, 4.69) is 64.9 Å². The van der Waals surface area contributed by atoms with Crippen LogP contribution in [0.5, 0.6) is 0 Å². The average molecular weight is 369 g/mol. The van der Waals surface area contributed by atoms with E-state index in [1.807, 2.05) is 6.07 Å². The first-order valence-corrected chi connectivity index (χ1v) is 5.97. The van der Waals surface area contributed by atoms with Gasteiger partial charge in [-0.3, -0.25) is 5.10 Å². The van der Waals surface area contributed by atoms with Crippen LogP contribution in [0.25, 0.3) is 10.9 Å². The Kier molecular flexibility index (Phi) is 2.51. The first-order valence-electron chi connectivity index (χ1n) is 3.59. The molecular formula is C8H5Br3N2. The summed E-state index contributed by atoms with van der Waals surface area (Å²) >= 11 is 10.4. The minimum absolute atomic E-state index is 0.919. The zero-order chi connectivity index (χ0) is 9.59. The third-order valence-electron chi connectivity index (χ3n) is 1.94. The van der Waals surface area contributed by atoms with Crippen LogP contribution in [0.1, 0.15) is 5.56 Å². The van der Waals surface area contributed by atoms with E-state index in [0.717, 1.165) is 24.5 Å². The quantitative estimate of drug-likeness (QED) is 0.743. The summed E-state index contributed by atoms with van der Waals surface area (Å²) in [5, 5.41) is 8.19. The van der Waals surface area contributed by atoms with Crippen molar-refractivity contribution in [2.24, 2.45) is 0 Å². The van der Waals surface area contributed by atoms with E-state index in [1.165, 1.54) is 5.56 Å². The molecule has 0 aliphatic heterocycles. The van der Waals surface area contributed by atoms with Crippen LogP contribution < -0.4 is 0 Å². The van der Waals surface area contributed by atoms with Crippen LogP contribution >= 0.6 is 47.8 Å². The van der Waals surface area contributed by atoms with Crippen LogP contribution in [0.3, 0.4) is 0 Å². The summed E-state index contributed by atoms with van der Waals surface area (Å²) in [6, 6.07) is 2.00. The smallest absolute Gasteiger partial charge is 0.109 e. The van der Waals surface area contributed by atoms with E-state index in [-0.39, 0.29) is 0 Å². The van der Waals surface area contributed by atoms with Gasteiger partial charge < -0.3 is 0 Å². The molecule has 0 atom stereocenters. The van der Waals surface area contributed by atoms with E-state index < -0.39 is 0 Å². The molecule has 13 heavy (non-hydrogen) atoms. The number of benzene rings is 1. The Balaban J connectivity index is 3.00. The highest BCUT2D eigenvalue weighted by atomic mass is 79.9. The number of nitrogens with zero attached hydrogens (tertiary/aromatic N) is 1. The molecule has 5 heteroatoms. The topological polar surface area (TPSA) is 28.7 Å². The lowest BCUT2D eigenvalue weighted by Gasteiger charge is -2.01. The Labute approximate surface area is 100 Å². The first kappa shape index (κ1) is 9.68. The van der Waals surface area contributed by atoms with Gasteiger partial charge in [-0.25, -0.2) is 0 Å². The van der Waals surface area contributed by atoms with Crippen LogP contribution in [-0.4, -0.2) is 10.2 Å². The highest BCUT2D eigenvalue weighted by Crippen LogP contribution is 2.34. The zero-order valence-electron chi connectivity index (χ0n) is 6.66. The van der Waals surface area contributed by atoms with Gasteiger partial charge in [0.2, 0.25) is 0 Å². The molecule has 1 aromatic heterocycles. The molecule has 0 aliphatic carbocycles. The number of nitrogens with one attached hydrogen (secondary N) is 1. The molecule has 0 bridgehead atoms. The summed E-state index contributed by atoms with van der Waals surface area (Å²) in [5.41, 5.74) is 2.13. The number of aromatic nitrogens is 2. The molecule has 0 radical (unpaired) electrons. The van der Waals surface area contributed by atoms with Gasteiger partial charge in [-0.1, -0.05) is 15.9 Å². The van der Waals surface area contributed by atoms with E-state index in [0.29, 0.717) is 0 Å². The van der Waals surface area contributed by atoms with Gasteiger partial charge in [0, 0.05) is 14.3 Å². The number of aryl methyl sites for hydroxylation is 1. The largest absolute Gasteiger partial charge is 0.270 e. The Morgan fingerprint density at radius 1 is 1.23 bits per heavy atom. The Morgan fingerprint density at radius 3 is 2.62 bits per heavy atom. The number of hydrogen-bond acceptors (Lipinski definition) is 1. The second kappa shape index (κ2) is 3.37. The maximum atomic E-state index is 4.18. The van der Waals surface area contributed by atoms with Gasteiger partial charge >= 0.3 is 0 Å². The summed E-state index contributed by atoms with van der Waals surface area (Å²) in [6.07, 6.45) is 0. The summed E-state index contributed by atoms with van der Waals surface area (Å²) < 4.78 is 2.98. The molecule has 2 rings (SSSR count). The Morgan fingerprint density at radius 2 is 1.92 bits per heavy atom. The van der Waals surface area contributed by atoms with Crippen LogP contribution in [0.15, 0.2) is 19.6 Å². The van der Waals surface area contributed by atoms with Crippen molar-refractivity contribution >= 4 is 58.7 Å². The van der Waals surface area contributed by atoms with Crippen LogP contribution in [-0.2, 0) is 0 Å². The molecule has 0 spiro atoms. The lowest BCUT2D eigenvalue weighted by Crippen LogP contribution is -1.80. The molecule has 0 unspecified atom stereocenters. The van der Waals surface area contributed by atoms with Gasteiger partial charge in [-0.05, 0) is 50.4 Å². The number of H-pyrrole nitrogens is 1. The van der Waals surface area contributed by atoms with E-state index in [1.54, 1.807) is 0 Å². The molecule has 0 aliphatic rings.